The monoisotopic (exact) mass is 393 g/mol. The molecular weight excluding hydrogens is 366 g/mol. The molecule has 0 saturated carbocycles. The number of aromatic nitrogens is 4. The van der Waals surface area contributed by atoms with E-state index in [-0.39, 0.29) is 0 Å². The molecule has 4 rings (SSSR count). The number of ether oxygens (including phenoxy) is 1. The van der Waals surface area contributed by atoms with Gasteiger partial charge in [-0.05, 0) is 57.1 Å². The summed E-state index contributed by atoms with van der Waals surface area (Å²) >= 11 is 0. The van der Waals surface area contributed by atoms with Gasteiger partial charge in [0.25, 0.3) is 0 Å². The fraction of sp³-hybridized carbons (Fsp3) is 0.381. The van der Waals surface area contributed by atoms with Crippen molar-refractivity contribution in [1.29, 1.82) is 0 Å². The van der Waals surface area contributed by atoms with Gasteiger partial charge in [-0.3, -0.25) is 4.90 Å². The maximum Gasteiger partial charge on any atom is 0.229 e. The summed E-state index contributed by atoms with van der Waals surface area (Å²) in [4.78, 5) is 11.4. The number of hydrogen-bond donors (Lipinski definition) is 2. The van der Waals surface area contributed by atoms with E-state index in [1.807, 2.05) is 49.1 Å². The van der Waals surface area contributed by atoms with Gasteiger partial charge in [0.15, 0.2) is 0 Å². The molecule has 1 saturated heterocycles. The second-order valence-electron chi connectivity index (χ2n) is 7.21. The summed E-state index contributed by atoms with van der Waals surface area (Å²) in [5, 5.41) is 11.1. The van der Waals surface area contributed by atoms with Crippen LogP contribution in [0.4, 0.5) is 17.5 Å². The number of nitrogens with zero attached hydrogens (tertiary/aromatic N) is 5. The first kappa shape index (κ1) is 19.2. The minimum absolute atomic E-state index is 0.542. The molecule has 2 aromatic heterocycles. The van der Waals surface area contributed by atoms with Crippen LogP contribution in [-0.2, 0) is 6.54 Å². The first-order valence-electron chi connectivity index (χ1n) is 9.90. The van der Waals surface area contributed by atoms with E-state index in [1.54, 1.807) is 7.11 Å². The van der Waals surface area contributed by atoms with Gasteiger partial charge in [0.2, 0.25) is 5.95 Å². The molecule has 0 spiro atoms. The van der Waals surface area contributed by atoms with Gasteiger partial charge >= 0.3 is 0 Å². The zero-order valence-corrected chi connectivity index (χ0v) is 17.1. The summed E-state index contributed by atoms with van der Waals surface area (Å²) in [7, 11) is 3.51. The van der Waals surface area contributed by atoms with Gasteiger partial charge in [-0.1, -0.05) is 0 Å². The molecule has 1 aliphatic rings. The van der Waals surface area contributed by atoms with Crippen molar-refractivity contribution in [3.63, 3.8) is 0 Å². The zero-order valence-electron chi connectivity index (χ0n) is 17.1. The minimum Gasteiger partial charge on any atom is -0.494 e. The van der Waals surface area contributed by atoms with Gasteiger partial charge in [-0.15, -0.1) is 0 Å². The highest BCUT2D eigenvalue weighted by Gasteiger charge is 2.15. The van der Waals surface area contributed by atoms with Crippen molar-refractivity contribution in [3.8, 4) is 11.4 Å². The van der Waals surface area contributed by atoms with Crippen LogP contribution in [0.2, 0.25) is 0 Å². The lowest BCUT2D eigenvalue weighted by atomic mass is 10.2. The van der Waals surface area contributed by atoms with Crippen LogP contribution in [0.25, 0.3) is 5.69 Å². The number of aryl methyl sites for hydroxylation is 1. The third-order valence-electron chi connectivity index (χ3n) is 5.02. The highest BCUT2D eigenvalue weighted by atomic mass is 16.5. The molecule has 2 N–H and O–H groups in total. The van der Waals surface area contributed by atoms with Gasteiger partial charge in [-0.2, -0.15) is 10.1 Å². The van der Waals surface area contributed by atoms with Gasteiger partial charge in [-0.25, -0.2) is 9.67 Å². The van der Waals surface area contributed by atoms with Crippen LogP contribution in [0.5, 0.6) is 5.75 Å². The highest BCUT2D eigenvalue weighted by molar-refractivity contribution is 5.62. The summed E-state index contributed by atoms with van der Waals surface area (Å²) in [6.07, 6.45) is 4.53. The van der Waals surface area contributed by atoms with Crippen LogP contribution >= 0.6 is 0 Å². The molecule has 29 heavy (non-hydrogen) atoms. The fourth-order valence-electron chi connectivity index (χ4n) is 3.58. The maximum atomic E-state index is 5.56. The maximum absolute atomic E-state index is 5.56. The van der Waals surface area contributed by atoms with Crippen LogP contribution in [-0.4, -0.2) is 51.9 Å². The molecule has 0 bridgehead atoms. The van der Waals surface area contributed by atoms with E-state index in [2.05, 4.69) is 31.6 Å². The molecule has 8 heteroatoms. The third kappa shape index (κ3) is 4.48. The number of methoxy groups -OCH3 is 1. The number of likely N-dealkylation sites (tertiary alicyclic amines) is 1. The SMILES string of the molecule is CNc1cc(C)nc(Nc2ccc(OC)c(-n3ccc(CN4CCCC4)n3)c2)n1. The zero-order chi connectivity index (χ0) is 20.2. The van der Waals surface area contributed by atoms with Gasteiger partial charge in [0.05, 0.1) is 12.8 Å². The van der Waals surface area contributed by atoms with E-state index >= 15 is 0 Å². The van der Waals surface area contributed by atoms with Crippen molar-refractivity contribution < 1.29 is 4.74 Å². The Kier molecular flexibility index (Phi) is 5.62. The van der Waals surface area contributed by atoms with Crippen LogP contribution < -0.4 is 15.4 Å². The van der Waals surface area contributed by atoms with E-state index < -0.39 is 0 Å². The lowest BCUT2D eigenvalue weighted by Crippen LogP contribution is -2.18. The molecule has 1 aromatic carbocycles. The smallest absolute Gasteiger partial charge is 0.229 e. The second-order valence-corrected chi connectivity index (χ2v) is 7.21. The van der Waals surface area contributed by atoms with Crippen molar-refractivity contribution >= 4 is 17.5 Å². The largest absolute Gasteiger partial charge is 0.494 e. The molecule has 3 heterocycles. The Hall–Kier alpha value is -3.13. The molecule has 0 radical (unpaired) electrons. The lowest BCUT2D eigenvalue weighted by Gasteiger charge is -2.13. The summed E-state index contributed by atoms with van der Waals surface area (Å²) in [5.74, 6) is 2.07. The molecular formula is C21H27N7O. The molecule has 152 valence electrons. The summed E-state index contributed by atoms with van der Waals surface area (Å²) < 4.78 is 7.43. The molecule has 0 aliphatic carbocycles. The number of hydrogen-bond acceptors (Lipinski definition) is 7. The Balaban J connectivity index is 1.58. The summed E-state index contributed by atoms with van der Waals surface area (Å²) in [6.45, 7) is 5.14. The molecule has 8 nitrogen and oxygen atoms in total. The van der Waals surface area contributed by atoms with E-state index in [0.29, 0.717) is 5.95 Å². The second kappa shape index (κ2) is 8.48. The Labute approximate surface area is 170 Å². The molecule has 0 unspecified atom stereocenters. The molecule has 1 fully saturated rings. The number of nitrogens with one attached hydrogen (secondary N) is 2. The molecule has 3 aromatic rings. The quantitative estimate of drug-likeness (QED) is 0.637. The first-order chi connectivity index (χ1) is 14.1. The van der Waals surface area contributed by atoms with Crippen LogP contribution in [0, 0.1) is 6.92 Å². The summed E-state index contributed by atoms with van der Waals surface area (Å²) in [6, 6.07) is 9.84. The number of benzene rings is 1. The normalized spacial score (nSPS) is 14.2. The Morgan fingerprint density at radius 2 is 1.93 bits per heavy atom. The Morgan fingerprint density at radius 3 is 2.69 bits per heavy atom. The van der Waals surface area contributed by atoms with Crippen molar-refractivity contribution in [1.82, 2.24) is 24.6 Å². The van der Waals surface area contributed by atoms with Crippen LogP contribution in [0.3, 0.4) is 0 Å². The van der Waals surface area contributed by atoms with E-state index in [1.165, 1.54) is 12.8 Å². The molecule has 0 atom stereocenters. The van der Waals surface area contributed by atoms with Crippen molar-refractivity contribution in [2.45, 2.75) is 26.3 Å². The Morgan fingerprint density at radius 1 is 1.10 bits per heavy atom. The van der Waals surface area contributed by atoms with Crippen LogP contribution in [0.1, 0.15) is 24.2 Å². The summed E-state index contributed by atoms with van der Waals surface area (Å²) in [5.41, 5.74) is 3.68. The predicted octanol–water partition coefficient (Wildman–Crippen LogP) is 3.36. The predicted molar refractivity (Wildman–Crippen MR) is 114 cm³/mol. The topological polar surface area (TPSA) is 80.1 Å². The van der Waals surface area contributed by atoms with Crippen molar-refractivity contribution in [3.05, 3.63) is 47.9 Å². The van der Waals surface area contributed by atoms with Crippen molar-refractivity contribution in [2.75, 3.05) is 37.9 Å². The van der Waals surface area contributed by atoms with E-state index in [4.69, 9.17) is 9.84 Å². The van der Waals surface area contributed by atoms with Crippen molar-refractivity contribution in [2.24, 2.45) is 0 Å². The molecule has 0 amide bonds. The fourth-order valence-corrected chi connectivity index (χ4v) is 3.58. The average molecular weight is 393 g/mol. The first-order valence-corrected chi connectivity index (χ1v) is 9.90. The average Bonchev–Trinajstić information content (AvgIpc) is 3.40. The van der Waals surface area contributed by atoms with Crippen LogP contribution in [0.15, 0.2) is 36.5 Å². The standard InChI is InChI=1S/C21H27N7O/c1-15-12-20(22-2)25-21(23-15)24-16-6-7-19(29-3)18(13-16)28-11-8-17(26-28)14-27-9-4-5-10-27/h6-8,11-13H,4-5,9-10,14H2,1-3H3,(H2,22,23,24,25). The third-order valence-corrected chi connectivity index (χ3v) is 5.02. The number of rotatable bonds is 7. The number of anilines is 3. The molecule has 1 aliphatic heterocycles. The van der Waals surface area contributed by atoms with Gasteiger partial charge in [0, 0.05) is 37.2 Å². The highest BCUT2D eigenvalue weighted by Crippen LogP contribution is 2.28. The minimum atomic E-state index is 0.542. The lowest BCUT2D eigenvalue weighted by molar-refractivity contribution is 0.326. The Bertz CT molecular complexity index is 979. The van der Waals surface area contributed by atoms with Gasteiger partial charge < -0.3 is 15.4 Å². The van der Waals surface area contributed by atoms with E-state index in [9.17, 15) is 0 Å². The van der Waals surface area contributed by atoms with E-state index in [0.717, 1.165) is 54.0 Å². The van der Waals surface area contributed by atoms with Gasteiger partial charge in [0.1, 0.15) is 17.3 Å².